The summed E-state index contributed by atoms with van der Waals surface area (Å²) in [5.74, 6) is -1.57. The second kappa shape index (κ2) is 6.44. The van der Waals surface area contributed by atoms with E-state index >= 15 is 0 Å². The number of ether oxygens (including phenoxy) is 1. The number of hydrogen-bond donors (Lipinski definition) is 0. The molecule has 0 bridgehead atoms. The van der Waals surface area contributed by atoms with Crippen molar-refractivity contribution in [2.45, 2.75) is 0 Å². The van der Waals surface area contributed by atoms with Gasteiger partial charge in [0.15, 0.2) is 12.4 Å². The third kappa shape index (κ3) is 3.74. The van der Waals surface area contributed by atoms with E-state index in [1.54, 1.807) is 12.1 Å². The van der Waals surface area contributed by atoms with E-state index in [2.05, 4.69) is 0 Å². The number of rotatable bonds is 4. The lowest BCUT2D eigenvalue weighted by atomic mass is 10.1. The SMILES string of the molecule is N#Cc1cccc(C(=O)OCC(=O)c2ccc(F)cc2)c1. The van der Waals surface area contributed by atoms with Crippen LogP contribution in [-0.2, 0) is 4.74 Å². The predicted molar refractivity (Wildman–Crippen MR) is 72.2 cm³/mol. The Morgan fingerprint density at radius 1 is 1.10 bits per heavy atom. The summed E-state index contributed by atoms with van der Waals surface area (Å²) in [6.07, 6.45) is 0. The van der Waals surface area contributed by atoms with Gasteiger partial charge in [0.05, 0.1) is 17.2 Å². The van der Waals surface area contributed by atoms with Crippen LogP contribution in [0, 0.1) is 17.1 Å². The number of carbonyl (C=O) groups excluding carboxylic acids is 2. The molecule has 0 heterocycles. The zero-order valence-corrected chi connectivity index (χ0v) is 10.9. The van der Waals surface area contributed by atoms with Crippen molar-refractivity contribution in [3.05, 3.63) is 71.0 Å². The largest absolute Gasteiger partial charge is 0.454 e. The molecule has 2 rings (SSSR count). The van der Waals surface area contributed by atoms with Gasteiger partial charge in [-0.05, 0) is 42.5 Å². The zero-order chi connectivity index (χ0) is 15.2. The molecule has 0 aliphatic heterocycles. The van der Waals surface area contributed by atoms with Crippen molar-refractivity contribution in [3.8, 4) is 6.07 Å². The zero-order valence-electron chi connectivity index (χ0n) is 10.9. The van der Waals surface area contributed by atoms with Gasteiger partial charge < -0.3 is 4.74 Å². The summed E-state index contributed by atoms with van der Waals surface area (Å²) in [6.45, 7) is -0.443. The Morgan fingerprint density at radius 2 is 1.81 bits per heavy atom. The number of hydrogen-bond acceptors (Lipinski definition) is 4. The molecule has 0 aliphatic rings. The topological polar surface area (TPSA) is 67.2 Å². The molecule has 0 aromatic heterocycles. The molecule has 0 saturated heterocycles. The molecule has 21 heavy (non-hydrogen) atoms. The number of esters is 1. The van der Waals surface area contributed by atoms with E-state index in [1.807, 2.05) is 6.07 Å². The van der Waals surface area contributed by atoms with Crippen LogP contribution in [0.25, 0.3) is 0 Å². The average Bonchev–Trinajstić information content (AvgIpc) is 2.53. The van der Waals surface area contributed by atoms with Crippen LogP contribution >= 0.6 is 0 Å². The van der Waals surface area contributed by atoms with Crippen LogP contribution in [0.15, 0.2) is 48.5 Å². The van der Waals surface area contributed by atoms with Gasteiger partial charge in [-0.1, -0.05) is 6.07 Å². The third-order valence-corrected chi connectivity index (χ3v) is 2.73. The molecule has 0 spiro atoms. The van der Waals surface area contributed by atoms with Crippen LogP contribution < -0.4 is 0 Å². The predicted octanol–water partition coefficient (Wildman–Crippen LogP) is 2.74. The summed E-state index contributed by atoms with van der Waals surface area (Å²) in [7, 11) is 0. The van der Waals surface area contributed by atoms with E-state index in [-0.39, 0.29) is 11.1 Å². The van der Waals surface area contributed by atoms with Crippen LogP contribution in [0.3, 0.4) is 0 Å². The maximum atomic E-state index is 12.7. The van der Waals surface area contributed by atoms with Gasteiger partial charge >= 0.3 is 5.97 Å². The molecule has 2 aromatic rings. The minimum absolute atomic E-state index is 0.195. The molecule has 0 saturated carbocycles. The van der Waals surface area contributed by atoms with Gasteiger partial charge in [-0.2, -0.15) is 5.26 Å². The molecule has 4 nitrogen and oxygen atoms in total. The van der Waals surface area contributed by atoms with Crippen LogP contribution in [0.1, 0.15) is 26.3 Å². The number of halogens is 1. The van der Waals surface area contributed by atoms with Crippen molar-refractivity contribution in [1.82, 2.24) is 0 Å². The summed E-state index contributed by atoms with van der Waals surface area (Å²) >= 11 is 0. The highest BCUT2D eigenvalue weighted by atomic mass is 19.1. The van der Waals surface area contributed by atoms with Crippen molar-refractivity contribution in [2.75, 3.05) is 6.61 Å². The van der Waals surface area contributed by atoms with Crippen LogP contribution in [0.2, 0.25) is 0 Å². The minimum atomic E-state index is -0.692. The normalized spacial score (nSPS) is 9.71. The Labute approximate surface area is 120 Å². The van der Waals surface area contributed by atoms with E-state index in [1.165, 1.54) is 24.3 Å². The van der Waals surface area contributed by atoms with Gasteiger partial charge in [0.2, 0.25) is 0 Å². The first-order valence-electron chi connectivity index (χ1n) is 6.06. The maximum Gasteiger partial charge on any atom is 0.338 e. The molecule has 2 aromatic carbocycles. The van der Waals surface area contributed by atoms with Crippen molar-refractivity contribution in [3.63, 3.8) is 0 Å². The second-order valence-corrected chi connectivity index (χ2v) is 4.20. The van der Waals surface area contributed by atoms with Gasteiger partial charge in [0.25, 0.3) is 0 Å². The number of Topliss-reactive ketones (excluding diaryl/α,β-unsaturated/α-hetero) is 1. The molecular weight excluding hydrogens is 273 g/mol. The summed E-state index contributed by atoms with van der Waals surface area (Å²) in [4.78, 5) is 23.5. The van der Waals surface area contributed by atoms with E-state index in [0.29, 0.717) is 5.56 Å². The molecule has 0 amide bonds. The first-order chi connectivity index (χ1) is 10.1. The Kier molecular flexibility index (Phi) is 4.42. The monoisotopic (exact) mass is 283 g/mol. The molecule has 0 aliphatic carbocycles. The standard InChI is InChI=1S/C16H10FNO3/c17-14-6-4-12(5-7-14)15(19)10-21-16(20)13-3-1-2-11(8-13)9-18/h1-8H,10H2. The molecule has 0 unspecified atom stereocenters. The van der Waals surface area contributed by atoms with Gasteiger partial charge in [-0.15, -0.1) is 0 Å². The average molecular weight is 283 g/mol. The lowest BCUT2D eigenvalue weighted by Gasteiger charge is -2.04. The fourth-order valence-electron chi connectivity index (χ4n) is 1.65. The van der Waals surface area contributed by atoms with E-state index in [9.17, 15) is 14.0 Å². The Hall–Kier alpha value is -3.00. The second-order valence-electron chi connectivity index (χ2n) is 4.20. The van der Waals surface area contributed by atoms with E-state index in [4.69, 9.17) is 10.00 Å². The molecule has 104 valence electrons. The highest BCUT2D eigenvalue weighted by molar-refractivity contribution is 5.99. The molecule has 0 radical (unpaired) electrons. The van der Waals surface area contributed by atoms with Crippen LogP contribution in [-0.4, -0.2) is 18.4 Å². The first-order valence-corrected chi connectivity index (χ1v) is 6.06. The fraction of sp³-hybridized carbons (Fsp3) is 0.0625. The highest BCUT2D eigenvalue weighted by Gasteiger charge is 2.12. The number of ketones is 1. The van der Waals surface area contributed by atoms with Gasteiger partial charge in [-0.3, -0.25) is 4.79 Å². The Morgan fingerprint density at radius 3 is 2.48 bits per heavy atom. The lowest BCUT2D eigenvalue weighted by Crippen LogP contribution is -2.14. The molecule has 0 fully saturated rings. The summed E-state index contributed by atoms with van der Waals surface area (Å²) < 4.78 is 17.6. The number of carbonyl (C=O) groups is 2. The van der Waals surface area contributed by atoms with Crippen LogP contribution in [0.4, 0.5) is 4.39 Å². The maximum absolute atomic E-state index is 12.7. The van der Waals surface area contributed by atoms with Crippen molar-refractivity contribution < 1.29 is 18.7 Å². The van der Waals surface area contributed by atoms with Crippen molar-refractivity contribution in [1.29, 1.82) is 5.26 Å². The smallest absolute Gasteiger partial charge is 0.338 e. The molecule has 5 heteroatoms. The quantitative estimate of drug-likeness (QED) is 0.639. The molecule has 0 N–H and O–H groups in total. The number of nitrogens with zero attached hydrogens (tertiary/aromatic N) is 1. The third-order valence-electron chi connectivity index (χ3n) is 2.73. The first kappa shape index (κ1) is 14.4. The summed E-state index contributed by atoms with van der Waals surface area (Å²) in [5, 5.41) is 8.75. The highest BCUT2D eigenvalue weighted by Crippen LogP contribution is 2.08. The number of benzene rings is 2. The van der Waals surface area contributed by atoms with Gasteiger partial charge in [0.1, 0.15) is 5.82 Å². The van der Waals surface area contributed by atoms with E-state index < -0.39 is 24.2 Å². The van der Waals surface area contributed by atoms with Crippen LogP contribution in [0.5, 0.6) is 0 Å². The van der Waals surface area contributed by atoms with Gasteiger partial charge in [-0.25, -0.2) is 9.18 Å². The lowest BCUT2D eigenvalue weighted by molar-refractivity contribution is 0.0474. The molecular formula is C16H10FNO3. The Bertz CT molecular complexity index is 717. The number of nitriles is 1. The minimum Gasteiger partial charge on any atom is -0.454 e. The summed E-state index contributed by atoms with van der Waals surface area (Å²) in [6, 6.07) is 12.8. The molecule has 0 atom stereocenters. The summed E-state index contributed by atoms with van der Waals surface area (Å²) in [5.41, 5.74) is 0.783. The Balaban J connectivity index is 1.99. The fourth-order valence-corrected chi connectivity index (χ4v) is 1.65. The van der Waals surface area contributed by atoms with Gasteiger partial charge in [0, 0.05) is 5.56 Å². The van der Waals surface area contributed by atoms with Crippen molar-refractivity contribution >= 4 is 11.8 Å². The van der Waals surface area contributed by atoms with Crippen molar-refractivity contribution in [2.24, 2.45) is 0 Å². The van der Waals surface area contributed by atoms with E-state index in [0.717, 1.165) is 12.1 Å².